The molecular weight excluding hydrogens is 323 g/mol. The zero-order valence-corrected chi connectivity index (χ0v) is 17.0. The molecule has 0 aromatic rings. The van der Waals surface area contributed by atoms with Crippen LogP contribution in [-0.4, -0.2) is 5.48 Å². The Morgan fingerprint density at radius 1 is 0.500 bits per heavy atom. The third-order valence-corrected chi connectivity index (χ3v) is 2.56. The van der Waals surface area contributed by atoms with Gasteiger partial charge >= 0.3 is 26.2 Å². The van der Waals surface area contributed by atoms with Gasteiger partial charge in [-0.25, -0.2) is 0 Å². The Hall–Kier alpha value is 0.843. The number of hydrogen-bond donors (Lipinski definition) is 0. The zero-order valence-electron chi connectivity index (χ0n) is 14.6. The van der Waals surface area contributed by atoms with Gasteiger partial charge in [0, 0.05) is 0 Å². The Balaban J connectivity index is -0.0000000536. The Morgan fingerprint density at radius 3 is 0.750 bits per heavy atom. The molecule has 122 valence electrons. The molecule has 0 amide bonds. The molecule has 0 rings (SSSR count). The predicted octanol–water partition coefficient (Wildman–Crippen LogP) is 7.02. The second-order valence-corrected chi connectivity index (χ2v) is 4.68. The Morgan fingerprint density at radius 2 is 0.700 bits per heavy atom. The van der Waals surface area contributed by atoms with Crippen molar-refractivity contribution in [1.82, 2.24) is 0 Å². The average Bonchev–Trinajstić information content (AvgIpc) is 2.42. The standard InChI is InChI=1S/3C6H13.H2O.Zr/c3*1-3-5-6-4-2;;/h3*1,3-6H2,2H3;1H2;/q3*-1;;+4/p-1. The van der Waals surface area contributed by atoms with Crippen LogP contribution in [0.1, 0.15) is 97.8 Å². The van der Waals surface area contributed by atoms with Crippen molar-refractivity contribution in [2.75, 3.05) is 0 Å². The van der Waals surface area contributed by atoms with Gasteiger partial charge in [-0.3, -0.25) is 0 Å². The van der Waals surface area contributed by atoms with Crippen LogP contribution in [0.4, 0.5) is 0 Å². The average molecular weight is 364 g/mol. The van der Waals surface area contributed by atoms with E-state index in [4.69, 9.17) is 0 Å². The van der Waals surface area contributed by atoms with Gasteiger partial charge in [-0.2, -0.15) is 19.3 Å². The third kappa shape index (κ3) is 61.9. The maximum atomic E-state index is 3.72. The minimum atomic E-state index is 0. The van der Waals surface area contributed by atoms with Crippen LogP contribution >= 0.6 is 0 Å². The molecule has 0 heterocycles. The van der Waals surface area contributed by atoms with Crippen molar-refractivity contribution in [2.45, 2.75) is 97.8 Å². The molecule has 0 aromatic heterocycles. The summed E-state index contributed by atoms with van der Waals surface area (Å²) in [5.74, 6) is 0. The fraction of sp³-hybridized carbons (Fsp3) is 0.833. The van der Waals surface area contributed by atoms with E-state index < -0.39 is 0 Å². The van der Waals surface area contributed by atoms with Crippen LogP contribution in [0.15, 0.2) is 0 Å². The first-order chi connectivity index (χ1) is 8.74. The van der Waals surface area contributed by atoms with Gasteiger partial charge < -0.3 is 26.2 Å². The van der Waals surface area contributed by atoms with Crippen LogP contribution < -0.4 is 0 Å². The van der Waals surface area contributed by atoms with Gasteiger partial charge in [-0.1, -0.05) is 78.6 Å². The second-order valence-electron chi connectivity index (χ2n) is 4.68. The maximum Gasteiger partial charge on any atom is 4.00 e. The van der Waals surface area contributed by atoms with Crippen molar-refractivity contribution < 1.29 is 31.7 Å². The van der Waals surface area contributed by atoms with E-state index in [2.05, 4.69) is 41.5 Å². The minimum absolute atomic E-state index is 0. The van der Waals surface area contributed by atoms with Gasteiger partial charge in [0.05, 0.1) is 0 Å². The molecule has 0 saturated carbocycles. The zero-order chi connectivity index (χ0) is 14.5. The second kappa shape index (κ2) is 42.7. The molecule has 0 aliphatic carbocycles. The topological polar surface area (TPSA) is 30.0 Å². The van der Waals surface area contributed by atoms with Crippen LogP contribution in [0.5, 0.6) is 0 Å². The van der Waals surface area contributed by atoms with E-state index in [1.54, 1.807) is 0 Å². The summed E-state index contributed by atoms with van der Waals surface area (Å²) in [6.45, 7) is 17.8. The van der Waals surface area contributed by atoms with Gasteiger partial charge in [0.1, 0.15) is 0 Å². The summed E-state index contributed by atoms with van der Waals surface area (Å²) < 4.78 is 0. The van der Waals surface area contributed by atoms with E-state index in [9.17, 15) is 0 Å². The molecule has 2 heteroatoms. The molecule has 0 atom stereocenters. The SMILES string of the molecule is [CH2-]CCCCC.[CH2-]CCCCC.[CH2-]CCCCC.[OH-].[Zr+4]. The van der Waals surface area contributed by atoms with Crippen LogP contribution in [0.3, 0.4) is 0 Å². The van der Waals surface area contributed by atoms with Crippen LogP contribution in [0.25, 0.3) is 0 Å². The summed E-state index contributed by atoms with van der Waals surface area (Å²) in [5.41, 5.74) is 0. The van der Waals surface area contributed by atoms with E-state index >= 15 is 0 Å². The smallest absolute Gasteiger partial charge is 0.870 e. The van der Waals surface area contributed by atoms with Crippen molar-refractivity contribution in [3.8, 4) is 0 Å². The van der Waals surface area contributed by atoms with Crippen LogP contribution in [0.2, 0.25) is 0 Å². The monoisotopic (exact) mass is 362 g/mol. The molecule has 20 heavy (non-hydrogen) atoms. The first kappa shape index (κ1) is 32.7. The van der Waals surface area contributed by atoms with E-state index in [1.807, 2.05) is 0 Å². The first-order valence-electron chi connectivity index (χ1n) is 8.12. The molecule has 0 aliphatic heterocycles. The fourth-order valence-electron chi connectivity index (χ4n) is 1.28. The molecule has 1 N–H and O–H groups in total. The van der Waals surface area contributed by atoms with Crippen molar-refractivity contribution in [1.29, 1.82) is 0 Å². The molecule has 0 radical (unpaired) electrons. The Kier molecular flexibility index (Phi) is 69.8. The summed E-state index contributed by atoms with van der Waals surface area (Å²) in [6.07, 6.45) is 15.2. The van der Waals surface area contributed by atoms with Crippen LogP contribution in [0, 0.1) is 20.8 Å². The molecule has 0 aliphatic rings. The fourth-order valence-corrected chi connectivity index (χ4v) is 1.28. The molecule has 0 spiro atoms. The summed E-state index contributed by atoms with van der Waals surface area (Å²) in [6, 6.07) is 0. The van der Waals surface area contributed by atoms with E-state index in [1.165, 1.54) is 57.8 Å². The molecule has 0 fully saturated rings. The van der Waals surface area contributed by atoms with Crippen molar-refractivity contribution in [2.24, 2.45) is 0 Å². The largest absolute Gasteiger partial charge is 4.00 e. The molecular formula is C18H40OZr. The quantitative estimate of drug-likeness (QED) is 0.319. The summed E-state index contributed by atoms with van der Waals surface area (Å²) in [4.78, 5) is 0. The summed E-state index contributed by atoms with van der Waals surface area (Å²) >= 11 is 0. The van der Waals surface area contributed by atoms with Crippen molar-refractivity contribution in [3.05, 3.63) is 20.8 Å². The van der Waals surface area contributed by atoms with Crippen LogP contribution in [-0.2, 0) is 26.2 Å². The van der Waals surface area contributed by atoms with Gasteiger partial charge in [0.25, 0.3) is 0 Å². The van der Waals surface area contributed by atoms with E-state index in [0.29, 0.717) is 0 Å². The summed E-state index contributed by atoms with van der Waals surface area (Å²) in [7, 11) is 0. The first-order valence-corrected chi connectivity index (χ1v) is 8.12. The van der Waals surface area contributed by atoms with E-state index in [-0.39, 0.29) is 31.7 Å². The predicted molar refractivity (Wildman–Crippen MR) is 90.4 cm³/mol. The Bertz CT molecular complexity index is 66.4. The normalized spacial score (nSPS) is 8.10. The number of unbranched alkanes of at least 4 members (excludes halogenated alkanes) is 9. The molecule has 0 bridgehead atoms. The number of rotatable bonds is 9. The Labute approximate surface area is 150 Å². The van der Waals surface area contributed by atoms with Gasteiger partial charge in [0.2, 0.25) is 0 Å². The molecule has 0 unspecified atom stereocenters. The van der Waals surface area contributed by atoms with Crippen molar-refractivity contribution in [3.63, 3.8) is 0 Å². The van der Waals surface area contributed by atoms with Gasteiger partial charge in [0.15, 0.2) is 0 Å². The van der Waals surface area contributed by atoms with Crippen molar-refractivity contribution >= 4 is 0 Å². The molecule has 0 saturated heterocycles. The van der Waals surface area contributed by atoms with E-state index in [0.717, 1.165) is 19.3 Å². The molecule has 1 nitrogen and oxygen atoms in total. The summed E-state index contributed by atoms with van der Waals surface area (Å²) in [5, 5.41) is 0. The minimum Gasteiger partial charge on any atom is -0.870 e. The number of hydrogen-bond acceptors (Lipinski definition) is 1. The maximum absolute atomic E-state index is 3.72. The third-order valence-electron chi connectivity index (χ3n) is 2.56. The van der Waals surface area contributed by atoms with Gasteiger partial charge in [-0.15, -0.1) is 0 Å². The molecule has 0 aromatic carbocycles. The van der Waals surface area contributed by atoms with Gasteiger partial charge in [-0.05, 0) is 0 Å².